The lowest BCUT2D eigenvalue weighted by Crippen LogP contribution is -2.67. The van der Waals surface area contributed by atoms with Crippen molar-refractivity contribution in [1.29, 1.82) is 0 Å². The summed E-state index contributed by atoms with van der Waals surface area (Å²) in [5.41, 5.74) is -1.11. The molecule has 44 heavy (non-hydrogen) atoms. The second-order valence-electron chi connectivity index (χ2n) is 14.9. The predicted molar refractivity (Wildman–Crippen MR) is 182 cm³/mol. The van der Waals surface area contributed by atoms with Crippen LogP contribution in [-0.4, -0.2) is 107 Å². The molecular weight excluding hydrogens is 601 g/mol. The minimum absolute atomic E-state index is 0.00418. The second-order valence-corrected chi connectivity index (χ2v) is 18.6. The Morgan fingerprint density at radius 1 is 0.727 bits per heavy atom. The minimum atomic E-state index is -1.02. The summed E-state index contributed by atoms with van der Waals surface area (Å²) in [5.74, 6) is -1.55. The van der Waals surface area contributed by atoms with Gasteiger partial charge in [0.05, 0.1) is 12.1 Å². The van der Waals surface area contributed by atoms with Crippen molar-refractivity contribution >= 4 is 47.3 Å². The summed E-state index contributed by atoms with van der Waals surface area (Å²) in [4.78, 5) is 52.0. The van der Waals surface area contributed by atoms with Crippen LogP contribution < -0.4 is 10.6 Å². The van der Waals surface area contributed by atoms with Crippen LogP contribution in [0, 0.1) is 0 Å². The molecule has 0 aromatic heterocycles. The summed E-state index contributed by atoms with van der Waals surface area (Å²) in [5, 5.41) is 24.1. The van der Waals surface area contributed by atoms with Gasteiger partial charge in [-0.2, -0.15) is 0 Å². The molecule has 0 bridgehead atoms. The van der Waals surface area contributed by atoms with E-state index >= 15 is 0 Å². The molecule has 256 valence electrons. The molecule has 0 aromatic carbocycles. The van der Waals surface area contributed by atoms with Gasteiger partial charge in [-0.1, -0.05) is 6.92 Å². The summed E-state index contributed by atoms with van der Waals surface area (Å²) in [6, 6.07) is -0.559. The fourth-order valence-electron chi connectivity index (χ4n) is 8.09. The third kappa shape index (κ3) is 9.75. The molecule has 0 spiro atoms. The van der Waals surface area contributed by atoms with E-state index in [2.05, 4.69) is 75.8 Å². The standard InChI is InChI=1S/C29H54N4O4S2.C3H6O2/c1-18(22(34)30-12)32-25(3,4)14-20(15-26(32,5)6)38-29(11,24(36)37)39-21-16-27(7,8)33(28(9,10)17-21)19(2)23(35)31-13;1-2-3(4)5/h18-21H,14-17H2,1-13H3,(H,30,34)(H,31,35)(H,36,37);2H2,1H3,(H,4,5). The van der Waals surface area contributed by atoms with E-state index < -0.39 is 16.0 Å². The molecule has 0 radical (unpaired) electrons. The van der Waals surface area contributed by atoms with Gasteiger partial charge in [-0.05, 0) is 102 Å². The van der Waals surface area contributed by atoms with E-state index in [1.165, 1.54) is 0 Å². The number of carbonyl (C=O) groups is 4. The Kier molecular flexibility index (Phi) is 13.8. The van der Waals surface area contributed by atoms with E-state index in [-0.39, 0.29) is 63.0 Å². The van der Waals surface area contributed by atoms with Crippen LogP contribution in [0.5, 0.6) is 0 Å². The number of likely N-dealkylation sites (N-methyl/N-ethyl adjacent to an activating group) is 2. The van der Waals surface area contributed by atoms with E-state index in [1.807, 2.05) is 20.8 Å². The first-order valence-electron chi connectivity index (χ1n) is 15.6. The lowest BCUT2D eigenvalue weighted by Gasteiger charge is -2.58. The van der Waals surface area contributed by atoms with Crippen molar-refractivity contribution in [3.8, 4) is 0 Å². The van der Waals surface area contributed by atoms with Crippen LogP contribution >= 0.6 is 23.5 Å². The normalized spacial score (nSPS) is 24.5. The van der Waals surface area contributed by atoms with E-state index in [1.54, 1.807) is 44.5 Å². The highest BCUT2D eigenvalue weighted by atomic mass is 32.2. The molecule has 2 atom stereocenters. The van der Waals surface area contributed by atoms with Gasteiger partial charge in [0.2, 0.25) is 11.8 Å². The van der Waals surface area contributed by atoms with E-state index in [9.17, 15) is 24.3 Å². The molecule has 0 aromatic rings. The van der Waals surface area contributed by atoms with Gasteiger partial charge in [-0.25, -0.2) is 4.79 Å². The van der Waals surface area contributed by atoms with Gasteiger partial charge in [-0.3, -0.25) is 24.2 Å². The third-order valence-corrected chi connectivity index (χ3v) is 12.2. The molecule has 2 aliphatic heterocycles. The van der Waals surface area contributed by atoms with Crippen LogP contribution in [0.3, 0.4) is 0 Å². The van der Waals surface area contributed by atoms with Crippen molar-refractivity contribution in [2.45, 2.75) is 164 Å². The number of hydrogen-bond acceptors (Lipinski definition) is 8. The molecule has 2 unspecified atom stereocenters. The van der Waals surface area contributed by atoms with Crippen molar-refractivity contribution in [1.82, 2.24) is 20.4 Å². The summed E-state index contributed by atoms with van der Waals surface area (Å²) in [6.45, 7) is 24.7. The number of likely N-dealkylation sites (tertiary alicyclic amines) is 2. The van der Waals surface area contributed by atoms with E-state index in [0.717, 1.165) is 25.7 Å². The molecule has 2 amide bonds. The Bertz CT molecular complexity index is 948. The smallest absolute Gasteiger partial charge is 0.329 e. The van der Waals surface area contributed by atoms with Crippen molar-refractivity contribution in [2.24, 2.45) is 0 Å². The maximum Gasteiger partial charge on any atom is 0.329 e. The molecule has 4 N–H and O–H groups in total. The Hall–Kier alpha value is -1.50. The number of amides is 2. The zero-order valence-electron chi connectivity index (χ0n) is 29.6. The van der Waals surface area contributed by atoms with E-state index in [4.69, 9.17) is 5.11 Å². The molecule has 2 rings (SSSR count). The first-order chi connectivity index (χ1) is 19.8. The molecule has 2 heterocycles. The Morgan fingerprint density at radius 3 is 1.16 bits per heavy atom. The zero-order chi connectivity index (χ0) is 34.6. The molecule has 10 nitrogen and oxygen atoms in total. The van der Waals surface area contributed by atoms with Crippen LogP contribution in [0.1, 0.15) is 115 Å². The van der Waals surface area contributed by atoms with Gasteiger partial charge in [0.1, 0.15) is 0 Å². The molecular formula is C32H60N4O6S2. The van der Waals surface area contributed by atoms with Crippen LogP contribution in [0.2, 0.25) is 0 Å². The molecule has 2 saturated heterocycles. The average molecular weight is 661 g/mol. The highest BCUT2D eigenvalue weighted by Gasteiger charge is 2.54. The number of rotatable bonds is 10. The number of nitrogens with one attached hydrogen (secondary N) is 2. The van der Waals surface area contributed by atoms with Crippen molar-refractivity contribution in [3.63, 3.8) is 0 Å². The monoisotopic (exact) mass is 660 g/mol. The molecule has 0 saturated carbocycles. The maximum absolute atomic E-state index is 12.8. The molecule has 2 fully saturated rings. The number of thioether (sulfide) groups is 2. The number of aliphatic carboxylic acids is 2. The summed E-state index contributed by atoms with van der Waals surface area (Å²) < 4.78 is -1.02. The van der Waals surface area contributed by atoms with Crippen LogP contribution in [0.25, 0.3) is 0 Å². The second kappa shape index (κ2) is 14.9. The zero-order valence-corrected chi connectivity index (χ0v) is 31.2. The number of piperidine rings is 2. The highest BCUT2D eigenvalue weighted by molar-refractivity contribution is 8.19. The summed E-state index contributed by atoms with van der Waals surface area (Å²) in [6.07, 6.45) is 3.41. The lowest BCUT2D eigenvalue weighted by atomic mass is 9.78. The van der Waals surface area contributed by atoms with Crippen LogP contribution in [0.4, 0.5) is 0 Å². The van der Waals surface area contributed by atoms with Gasteiger partial charge in [-0.15, -0.1) is 23.5 Å². The summed E-state index contributed by atoms with van der Waals surface area (Å²) >= 11 is 3.15. The topological polar surface area (TPSA) is 139 Å². The van der Waals surface area contributed by atoms with Gasteiger partial charge < -0.3 is 20.8 Å². The Labute approximate surface area is 274 Å². The first kappa shape index (κ1) is 40.5. The lowest BCUT2D eigenvalue weighted by molar-refractivity contribution is -0.137. The molecule has 2 aliphatic rings. The highest BCUT2D eigenvalue weighted by Crippen LogP contribution is 2.54. The number of carboxylic acids is 2. The molecule has 12 heteroatoms. The van der Waals surface area contributed by atoms with Crippen molar-refractivity contribution < 1.29 is 29.4 Å². The van der Waals surface area contributed by atoms with Gasteiger partial charge in [0.25, 0.3) is 0 Å². The van der Waals surface area contributed by atoms with Gasteiger partial charge in [0, 0.05) is 53.2 Å². The van der Waals surface area contributed by atoms with Crippen molar-refractivity contribution in [3.05, 3.63) is 0 Å². The van der Waals surface area contributed by atoms with Gasteiger partial charge in [0.15, 0.2) is 4.08 Å². The SMILES string of the molecule is CCC(=O)O.CNC(=O)C(C)N1C(C)(C)CC(SC(C)(SC2CC(C)(C)N(C(C)C(=O)NC)C(C)(C)C2)C(=O)O)CC1(C)C. The van der Waals surface area contributed by atoms with E-state index in [0.29, 0.717) is 0 Å². The van der Waals surface area contributed by atoms with Gasteiger partial charge >= 0.3 is 11.9 Å². The fourth-order valence-corrected chi connectivity index (χ4v) is 12.6. The average Bonchev–Trinajstić information content (AvgIpc) is 2.84. The number of hydrogen-bond donors (Lipinski definition) is 4. The van der Waals surface area contributed by atoms with Crippen LogP contribution in [0.15, 0.2) is 0 Å². The van der Waals surface area contributed by atoms with Crippen LogP contribution in [-0.2, 0) is 19.2 Å². The summed E-state index contributed by atoms with van der Waals surface area (Å²) in [7, 11) is 3.34. The fraction of sp³-hybridized carbons (Fsp3) is 0.875. The van der Waals surface area contributed by atoms with Crippen molar-refractivity contribution in [2.75, 3.05) is 14.1 Å². The number of carboxylic acid groups (broad SMARTS) is 2. The number of carbonyl (C=O) groups excluding carboxylic acids is 2. The first-order valence-corrected chi connectivity index (χ1v) is 17.4. The minimum Gasteiger partial charge on any atom is -0.481 e. The predicted octanol–water partition coefficient (Wildman–Crippen LogP) is 5.05. The number of nitrogens with zero attached hydrogens (tertiary/aromatic N) is 2. The maximum atomic E-state index is 12.8. The Balaban J connectivity index is 0.00000178. The third-order valence-electron chi connectivity index (χ3n) is 9.02. The molecule has 0 aliphatic carbocycles. The largest absolute Gasteiger partial charge is 0.481 e. The Morgan fingerprint density at radius 2 is 0.977 bits per heavy atom. The quantitative estimate of drug-likeness (QED) is 0.236.